The normalized spacial score (nSPS) is 10.2. The molecule has 1 aromatic heterocycles. The molecule has 1 amide bonds. The van der Waals surface area contributed by atoms with Gasteiger partial charge in [0.2, 0.25) is 0 Å². The summed E-state index contributed by atoms with van der Waals surface area (Å²) in [7, 11) is 0. The van der Waals surface area contributed by atoms with Gasteiger partial charge in [0, 0.05) is 5.69 Å². The first kappa shape index (κ1) is 20.7. The van der Waals surface area contributed by atoms with Crippen LogP contribution in [0.25, 0.3) is 0 Å². The quantitative estimate of drug-likeness (QED) is 0.514. The average molecular weight is 411 g/mol. The maximum absolute atomic E-state index is 12.5. The first-order valence-corrected chi connectivity index (χ1v) is 8.68. The molecule has 0 fully saturated rings. The Morgan fingerprint density at radius 3 is 2.41 bits per heavy atom. The van der Waals surface area contributed by atoms with Crippen LogP contribution in [0.1, 0.15) is 17.4 Å². The molecule has 0 saturated heterocycles. The molecule has 9 heteroatoms. The van der Waals surface area contributed by atoms with E-state index in [9.17, 15) is 14.4 Å². The predicted molar refractivity (Wildman–Crippen MR) is 100.0 cm³/mol. The number of benzene rings is 1. The lowest BCUT2D eigenvalue weighted by Crippen LogP contribution is -2.39. The molecular weight excluding hydrogens is 395 g/mol. The number of esters is 2. The van der Waals surface area contributed by atoms with E-state index in [4.69, 9.17) is 32.7 Å². The molecule has 0 unspecified atom stereocenters. The minimum atomic E-state index is -0.903. The van der Waals surface area contributed by atoms with Crippen molar-refractivity contribution >= 4 is 46.7 Å². The SMILES string of the molecule is CCOC(=O)CN(C(=O)COC(=O)c1nc(Cl)ccc1Cl)c1ccccc1. The van der Waals surface area contributed by atoms with Crippen LogP contribution in [0.4, 0.5) is 5.69 Å². The Balaban J connectivity index is 2.10. The number of carbonyl (C=O) groups excluding carboxylic acids is 3. The molecule has 2 rings (SSSR count). The molecule has 0 aliphatic carbocycles. The number of hydrogen-bond donors (Lipinski definition) is 0. The molecule has 0 N–H and O–H groups in total. The molecule has 0 atom stereocenters. The highest BCUT2D eigenvalue weighted by Gasteiger charge is 2.22. The summed E-state index contributed by atoms with van der Waals surface area (Å²) in [6, 6.07) is 11.3. The number of amides is 1. The van der Waals surface area contributed by atoms with Crippen molar-refractivity contribution < 1.29 is 23.9 Å². The van der Waals surface area contributed by atoms with Crippen LogP contribution in [0.5, 0.6) is 0 Å². The average Bonchev–Trinajstić information content (AvgIpc) is 2.66. The number of rotatable bonds is 7. The Bertz CT molecular complexity index is 830. The fourth-order valence-corrected chi connectivity index (χ4v) is 2.43. The minimum absolute atomic E-state index is 0.0447. The van der Waals surface area contributed by atoms with Crippen LogP contribution in [0.2, 0.25) is 10.2 Å². The van der Waals surface area contributed by atoms with Gasteiger partial charge in [-0.25, -0.2) is 9.78 Å². The fourth-order valence-electron chi connectivity index (χ4n) is 2.10. The van der Waals surface area contributed by atoms with E-state index in [2.05, 4.69) is 4.98 Å². The number of para-hydroxylation sites is 1. The second-order valence-electron chi connectivity index (χ2n) is 5.16. The zero-order valence-electron chi connectivity index (χ0n) is 14.4. The molecule has 0 bridgehead atoms. The molecule has 142 valence electrons. The second kappa shape index (κ2) is 9.89. The predicted octanol–water partition coefficient (Wildman–Crippen LogP) is 3.14. The van der Waals surface area contributed by atoms with E-state index in [0.717, 1.165) is 4.90 Å². The summed E-state index contributed by atoms with van der Waals surface area (Å²) in [5, 5.41) is 0.106. The number of halogens is 2. The maximum atomic E-state index is 12.5. The topological polar surface area (TPSA) is 85.8 Å². The van der Waals surface area contributed by atoms with Crippen molar-refractivity contribution in [2.24, 2.45) is 0 Å². The highest BCUT2D eigenvalue weighted by atomic mass is 35.5. The number of nitrogens with zero attached hydrogens (tertiary/aromatic N) is 2. The molecule has 0 saturated carbocycles. The van der Waals surface area contributed by atoms with Crippen molar-refractivity contribution in [2.75, 3.05) is 24.7 Å². The van der Waals surface area contributed by atoms with Crippen molar-refractivity contribution in [1.82, 2.24) is 4.98 Å². The first-order valence-electron chi connectivity index (χ1n) is 7.92. The zero-order chi connectivity index (χ0) is 19.8. The molecule has 27 heavy (non-hydrogen) atoms. The van der Waals surface area contributed by atoms with Gasteiger partial charge in [0.25, 0.3) is 5.91 Å². The van der Waals surface area contributed by atoms with E-state index in [1.54, 1.807) is 37.3 Å². The number of aromatic nitrogens is 1. The van der Waals surface area contributed by atoms with Crippen molar-refractivity contribution in [3.8, 4) is 0 Å². The van der Waals surface area contributed by atoms with Crippen molar-refractivity contribution in [1.29, 1.82) is 0 Å². The van der Waals surface area contributed by atoms with Gasteiger partial charge >= 0.3 is 11.9 Å². The lowest BCUT2D eigenvalue weighted by molar-refractivity contribution is -0.142. The van der Waals surface area contributed by atoms with Crippen LogP contribution in [0.15, 0.2) is 42.5 Å². The van der Waals surface area contributed by atoms with Crippen LogP contribution in [-0.4, -0.2) is 42.6 Å². The number of pyridine rings is 1. The van der Waals surface area contributed by atoms with E-state index in [-0.39, 0.29) is 29.0 Å². The molecule has 1 aromatic carbocycles. The third-order valence-corrected chi connectivity index (χ3v) is 3.81. The summed E-state index contributed by atoms with van der Waals surface area (Å²) < 4.78 is 9.87. The molecule has 1 heterocycles. The fraction of sp³-hybridized carbons (Fsp3) is 0.222. The van der Waals surface area contributed by atoms with E-state index < -0.39 is 24.5 Å². The number of carbonyl (C=O) groups is 3. The lowest BCUT2D eigenvalue weighted by Gasteiger charge is -2.21. The standard InChI is InChI=1S/C18H16Cl2N2O5/c1-2-26-16(24)10-22(12-6-4-3-5-7-12)15(23)11-27-18(25)17-13(19)8-9-14(20)21-17/h3-9H,2,10-11H2,1H3. The monoisotopic (exact) mass is 410 g/mol. The van der Waals surface area contributed by atoms with Gasteiger partial charge in [0.1, 0.15) is 11.7 Å². The number of anilines is 1. The highest BCUT2D eigenvalue weighted by molar-refractivity contribution is 6.34. The molecule has 0 aliphatic heterocycles. The van der Waals surface area contributed by atoms with Crippen molar-refractivity contribution in [3.63, 3.8) is 0 Å². The lowest BCUT2D eigenvalue weighted by atomic mass is 10.3. The third kappa shape index (κ3) is 5.94. The van der Waals surface area contributed by atoms with Crippen molar-refractivity contribution in [2.45, 2.75) is 6.92 Å². The second-order valence-corrected chi connectivity index (χ2v) is 5.96. The molecule has 0 radical (unpaired) electrons. The summed E-state index contributed by atoms with van der Waals surface area (Å²) in [5.41, 5.74) is 0.263. The minimum Gasteiger partial charge on any atom is -0.465 e. The number of hydrogen-bond acceptors (Lipinski definition) is 6. The Morgan fingerprint density at radius 1 is 1.04 bits per heavy atom. The van der Waals surface area contributed by atoms with E-state index >= 15 is 0 Å². The molecule has 2 aromatic rings. The van der Waals surface area contributed by atoms with Crippen LogP contribution in [0.3, 0.4) is 0 Å². The van der Waals surface area contributed by atoms with Gasteiger partial charge in [0.15, 0.2) is 12.3 Å². The first-order chi connectivity index (χ1) is 12.9. The Morgan fingerprint density at radius 2 is 1.74 bits per heavy atom. The molecular formula is C18H16Cl2N2O5. The largest absolute Gasteiger partial charge is 0.465 e. The third-order valence-electron chi connectivity index (χ3n) is 3.29. The Kier molecular flexibility index (Phi) is 7.57. The van der Waals surface area contributed by atoms with Crippen LogP contribution in [0, 0.1) is 0 Å². The molecule has 0 spiro atoms. The van der Waals surface area contributed by atoms with Gasteiger partial charge in [0.05, 0.1) is 11.6 Å². The van der Waals surface area contributed by atoms with E-state index in [0.29, 0.717) is 5.69 Å². The Labute approximate surface area is 165 Å². The summed E-state index contributed by atoms with van der Waals surface area (Å²) in [5.74, 6) is -2.10. The summed E-state index contributed by atoms with van der Waals surface area (Å²) >= 11 is 11.6. The van der Waals surface area contributed by atoms with Gasteiger partial charge in [-0.15, -0.1) is 0 Å². The van der Waals surface area contributed by atoms with Crippen LogP contribution in [-0.2, 0) is 19.1 Å². The summed E-state index contributed by atoms with van der Waals surface area (Å²) in [4.78, 5) is 41.4. The zero-order valence-corrected chi connectivity index (χ0v) is 15.9. The van der Waals surface area contributed by atoms with Gasteiger partial charge in [-0.1, -0.05) is 41.4 Å². The summed E-state index contributed by atoms with van der Waals surface area (Å²) in [6.07, 6.45) is 0. The van der Waals surface area contributed by atoms with Gasteiger partial charge in [-0.2, -0.15) is 0 Å². The van der Waals surface area contributed by atoms with Gasteiger partial charge in [-0.05, 0) is 31.2 Å². The Hall–Kier alpha value is -2.64. The van der Waals surface area contributed by atoms with E-state index in [1.807, 2.05) is 0 Å². The van der Waals surface area contributed by atoms with E-state index in [1.165, 1.54) is 12.1 Å². The van der Waals surface area contributed by atoms with Crippen LogP contribution < -0.4 is 4.90 Å². The summed E-state index contributed by atoms with van der Waals surface area (Å²) in [6.45, 7) is 0.918. The maximum Gasteiger partial charge on any atom is 0.359 e. The van der Waals surface area contributed by atoms with Crippen molar-refractivity contribution in [3.05, 3.63) is 58.3 Å². The van der Waals surface area contributed by atoms with Gasteiger partial charge < -0.3 is 9.47 Å². The number of ether oxygens (including phenoxy) is 2. The highest BCUT2D eigenvalue weighted by Crippen LogP contribution is 2.18. The molecule has 0 aliphatic rings. The van der Waals surface area contributed by atoms with Gasteiger partial charge in [-0.3, -0.25) is 14.5 Å². The smallest absolute Gasteiger partial charge is 0.359 e. The molecule has 7 nitrogen and oxygen atoms in total. The van der Waals surface area contributed by atoms with Crippen LogP contribution >= 0.6 is 23.2 Å².